The summed E-state index contributed by atoms with van der Waals surface area (Å²) in [5.41, 5.74) is 4.57. The van der Waals surface area contributed by atoms with E-state index in [0.717, 1.165) is 16.7 Å². The van der Waals surface area contributed by atoms with Gasteiger partial charge in [-0.2, -0.15) is 0 Å². The Kier molecular flexibility index (Phi) is 8.40. The fourth-order valence-electron chi connectivity index (χ4n) is 5.63. The molecule has 45 heavy (non-hydrogen) atoms. The van der Waals surface area contributed by atoms with Crippen LogP contribution in [-0.2, 0) is 9.59 Å². The van der Waals surface area contributed by atoms with Crippen molar-refractivity contribution in [2.24, 2.45) is 5.92 Å². The number of allylic oxidation sites excluding steroid dienone is 4. The Hall–Kier alpha value is -4.96. The molecule has 2 amide bonds. The summed E-state index contributed by atoms with van der Waals surface area (Å²) in [6.07, 6.45) is 9.19. The van der Waals surface area contributed by atoms with E-state index in [-0.39, 0.29) is 34.0 Å². The van der Waals surface area contributed by atoms with Crippen molar-refractivity contribution >= 4 is 40.5 Å². The summed E-state index contributed by atoms with van der Waals surface area (Å²) in [5.74, 6) is -1.57. The van der Waals surface area contributed by atoms with Gasteiger partial charge in [-0.25, -0.2) is 9.07 Å². The number of pyridine rings is 1. The minimum absolute atomic E-state index is 0.0167. The van der Waals surface area contributed by atoms with Crippen molar-refractivity contribution in [2.45, 2.75) is 45.6 Å². The van der Waals surface area contributed by atoms with E-state index in [1.165, 1.54) is 16.8 Å². The predicted octanol–water partition coefficient (Wildman–Crippen LogP) is 6.57. The van der Waals surface area contributed by atoms with E-state index in [4.69, 9.17) is 11.6 Å². The molecule has 2 aliphatic rings. The van der Waals surface area contributed by atoms with Crippen LogP contribution in [0.4, 0.5) is 10.1 Å². The fourth-order valence-corrected chi connectivity index (χ4v) is 5.80. The Morgan fingerprint density at radius 3 is 2.78 bits per heavy atom. The van der Waals surface area contributed by atoms with Crippen molar-refractivity contribution in [3.8, 4) is 16.8 Å². The third-order valence-electron chi connectivity index (χ3n) is 8.19. The van der Waals surface area contributed by atoms with E-state index in [0.29, 0.717) is 48.3 Å². The zero-order valence-corrected chi connectivity index (χ0v) is 25.4. The molecule has 6 rings (SSSR count). The lowest BCUT2D eigenvalue weighted by atomic mass is 9.92. The topological polar surface area (TPSA) is 119 Å². The molecule has 0 radical (unpaired) electrons. The number of Topliss-reactive ketones (excluding diaryl/α,β-unsaturated/α-hetero) is 1. The SMILES string of the molecule is Cc1c(C(=O)N[C@H]2CCC[C@@H](C)C(=O)Nc3cc(C4=CC=CCC4=O)ccc3-c3ccnc2c3)nnn1-c1cccc(Cl)c1F. The minimum atomic E-state index is -0.663. The minimum Gasteiger partial charge on any atom is -0.342 e. The molecule has 4 aromatic rings. The van der Waals surface area contributed by atoms with Crippen LogP contribution in [0.3, 0.4) is 0 Å². The molecule has 3 heterocycles. The first kappa shape index (κ1) is 30.1. The highest BCUT2D eigenvalue weighted by Crippen LogP contribution is 2.35. The number of hydrogen-bond acceptors (Lipinski definition) is 6. The summed E-state index contributed by atoms with van der Waals surface area (Å²) in [4.78, 5) is 44.0. The van der Waals surface area contributed by atoms with Crippen molar-refractivity contribution < 1.29 is 18.8 Å². The van der Waals surface area contributed by atoms with Crippen LogP contribution >= 0.6 is 11.6 Å². The first-order chi connectivity index (χ1) is 21.7. The van der Waals surface area contributed by atoms with Gasteiger partial charge in [0, 0.05) is 35.4 Å². The third kappa shape index (κ3) is 6.06. The Morgan fingerprint density at radius 2 is 1.96 bits per heavy atom. The summed E-state index contributed by atoms with van der Waals surface area (Å²) in [6.45, 7) is 3.50. The number of aromatic nitrogens is 4. The van der Waals surface area contributed by atoms with Gasteiger partial charge in [0.2, 0.25) is 5.91 Å². The Labute approximate surface area is 264 Å². The van der Waals surface area contributed by atoms with E-state index in [2.05, 4.69) is 25.9 Å². The van der Waals surface area contributed by atoms with Gasteiger partial charge in [0.15, 0.2) is 17.3 Å². The van der Waals surface area contributed by atoms with Gasteiger partial charge in [-0.05, 0) is 61.2 Å². The van der Waals surface area contributed by atoms with Crippen LogP contribution < -0.4 is 10.6 Å². The number of carbonyl (C=O) groups excluding carboxylic acids is 3. The number of hydrogen-bond donors (Lipinski definition) is 2. The van der Waals surface area contributed by atoms with Gasteiger partial charge in [0.1, 0.15) is 5.69 Å². The van der Waals surface area contributed by atoms with Gasteiger partial charge in [0.25, 0.3) is 5.91 Å². The zero-order chi connectivity index (χ0) is 31.7. The number of rotatable bonds is 4. The van der Waals surface area contributed by atoms with Gasteiger partial charge in [-0.3, -0.25) is 19.4 Å². The number of nitrogens with one attached hydrogen (secondary N) is 2. The summed E-state index contributed by atoms with van der Waals surface area (Å²) >= 11 is 5.96. The second-order valence-electron chi connectivity index (χ2n) is 11.2. The molecule has 9 nitrogen and oxygen atoms in total. The van der Waals surface area contributed by atoms with Crippen molar-refractivity contribution in [2.75, 3.05) is 5.32 Å². The predicted molar refractivity (Wildman–Crippen MR) is 169 cm³/mol. The van der Waals surface area contributed by atoms with E-state index in [9.17, 15) is 18.8 Å². The number of fused-ring (bicyclic) bond motifs is 4. The monoisotopic (exact) mass is 624 g/mol. The quantitative estimate of drug-likeness (QED) is 0.265. The maximum Gasteiger partial charge on any atom is 0.274 e. The number of halogens is 2. The molecule has 1 aliphatic heterocycles. The first-order valence-corrected chi connectivity index (χ1v) is 15.1. The second-order valence-corrected chi connectivity index (χ2v) is 11.6. The molecule has 2 aromatic heterocycles. The highest BCUT2D eigenvalue weighted by molar-refractivity contribution is 6.30. The number of benzene rings is 2. The summed E-state index contributed by atoms with van der Waals surface area (Å²) in [6, 6.07) is 13.3. The average molecular weight is 625 g/mol. The van der Waals surface area contributed by atoms with Crippen LogP contribution in [0.25, 0.3) is 22.4 Å². The molecule has 11 heteroatoms. The van der Waals surface area contributed by atoms with Crippen molar-refractivity contribution in [1.29, 1.82) is 0 Å². The molecule has 228 valence electrons. The van der Waals surface area contributed by atoms with Gasteiger partial charge < -0.3 is 10.6 Å². The first-order valence-electron chi connectivity index (χ1n) is 14.7. The number of nitrogens with zero attached hydrogens (tertiary/aromatic N) is 4. The standard InChI is InChI=1S/C34H30ClFN6O3/c1-19-7-5-10-26(38-34(45)32-20(2)42(41-40-32)29-11-6-9-25(35)31(29)36)28-18-22(15-16-37-28)23-14-13-21(17-27(23)39-33(19)44)24-8-3-4-12-30(24)43/h3-4,6,8-9,11,13-19,26H,5,7,10,12H2,1-2H3,(H,38,45)(H,39,44)/t19-,26+/m1/s1. The molecular formula is C34H30ClFN6O3. The lowest BCUT2D eigenvalue weighted by Gasteiger charge is -2.22. The molecule has 1 aliphatic carbocycles. The molecular weight excluding hydrogens is 595 g/mol. The fraction of sp³-hybridized carbons (Fsp3) is 0.235. The smallest absolute Gasteiger partial charge is 0.274 e. The van der Waals surface area contributed by atoms with E-state index < -0.39 is 17.8 Å². The van der Waals surface area contributed by atoms with Crippen LogP contribution in [0.1, 0.15) is 66.1 Å². The van der Waals surface area contributed by atoms with Gasteiger partial charge in [0.05, 0.1) is 22.5 Å². The average Bonchev–Trinajstić information content (AvgIpc) is 3.42. The Bertz CT molecular complexity index is 1900. The third-order valence-corrected chi connectivity index (χ3v) is 8.48. The summed E-state index contributed by atoms with van der Waals surface area (Å²) in [5, 5.41) is 14.1. The van der Waals surface area contributed by atoms with E-state index in [1.807, 2.05) is 49.4 Å². The molecule has 2 atom stereocenters. The van der Waals surface area contributed by atoms with Crippen molar-refractivity contribution in [3.63, 3.8) is 0 Å². The number of carbonyl (C=O) groups is 3. The summed E-state index contributed by atoms with van der Waals surface area (Å²) in [7, 11) is 0. The highest BCUT2D eigenvalue weighted by Gasteiger charge is 2.26. The molecule has 0 unspecified atom stereocenters. The molecule has 2 bridgehead atoms. The highest BCUT2D eigenvalue weighted by atomic mass is 35.5. The lowest BCUT2D eigenvalue weighted by molar-refractivity contribution is -0.119. The number of amides is 2. The van der Waals surface area contributed by atoms with Gasteiger partial charge in [-0.15, -0.1) is 5.10 Å². The van der Waals surface area contributed by atoms with Crippen LogP contribution in [0, 0.1) is 18.7 Å². The molecule has 2 N–H and O–H groups in total. The molecule has 0 saturated carbocycles. The second kappa shape index (κ2) is 12.6. The Morgan fingerprint density at radius 1 is 1.11 bits per heavy atom. The van der Waals surface area contributed by atoms with Crippen LogP contribution in [0.2, 0.25) is 5.02 Å². The van der Waals surface area contributed by atoms with Crippen LogP contribution in [0.5, 0.6) is 0 Å². The maximum atomic E-state index is 14.7. The largest absolute Gasteiger partial charge is 0.342 e. The van der Waals surface area contributed by atoms with Crippen molar-refractivity contribution in [3.05, 3.63) is 106 Å². The van der Waals surface area contributed by atoms with E-state index >= 15 is 0 Å². The maximum absolute atomic E-state index is 14.7. The molecule has 0 spiro atoms. The van der Waals surface area contributed by atoms with Crippen LogP contribution in [-0.4, -0.2) is 37.6 Å². The van der Waals surface area contributed by atoms with Gasteiger partial charge >= 0.3 is 0 Å². The zero-order valence-electron chi connectivity index (χ0n) is 24.7. The number of anilines is 1. The van der Waals surface area contributed by atoms with Crippen molar-refractivity contribution in [1.82, 2.24) is 25.3 Å². The summed E-state index contributed by atoms with van der Waals surface area (Å²) < 4.78 is 16.0. The number of ketones is 1. The Balaban J connectivity index is 1.34. The molecule has 0 saturated heterocycles. The van der Waals surface area contributed by atoms with Gasteiger partial charge in [-0.1, -0.05) is 66.6 Å². The molecule has 2 aromatic carbocycles. The molecule has 0 fully saturated rings. The van der Waals surface area contributed by atoms with E-state index in [1.54, 1.807) is 25.3 Å². The van der Waals surface area contributed by atoms with Crippen LogP contribution in [0.15, 0.2) is 73.0 Å². The lowest BCUT2D eigenvalue weighted by Crippen LogP contribution is -2.30. The normalized spacial score (nSPS) is 18.3.